The van der Waals surface area contributed by atoms with Gasteiger partial charge in [0, 0.05) is 6.42 Å². The molecule has 0 aromatic heterocycles. The maximum atomic E-state index is 12.8. The number of nitrogens with one attached hydrogen (secondary N) is 1. The van der Waals surface area contributed by atoms with E-state index in [1.807, 2.05) is 27.2 Å². The maximum Gasteiger partial charge on any atom is 0.268 e. The van der Waals surface area contributed by atoms with Gasteiger partial charge in [-0.3, -0.25) is 9.36 Å². The molecule has 0 aliphatic carbocycles. The number of aliphatic hydroxyl groups is 1. The van der Waals surface area contributed by atoms with Gasteiger partial charge in [0.15, 0.2) is 0 Å². The van der Waals surface area contributed by atoms with Gasteiger partial charge in [0.2, 0.25) is 5.91 Å². The minimum Gasteiger partial charge on any atom is -0.756 e. The highest BCUT2D eigenvalue weighted by atomic mass is 31.2. The quantitative estimate of drug-likeness (QED) is 0.0281. The van der Waals surface area contributed by atoms with Gasteiger partial charge >= 0.3 is 0 Å². The van der Waals surface area contributed by atoms with Crippen LogP contribution in [0.2, 0.25) is 0 Å². The fourth-order valence-electron chi connectivity index (χ4n) is 6.27. The normalized spacial score (nSPS) is 14.6. The van der Waals surface area contributed by atoms with Crippen molar-refractivity contribution in [2.75, 3.05) is 40.9 Å². The van der Waals surface area contributed by atoms with Crippen LogP contribution in [-0.4, -0.2) is 68.5 Å². The number of quaternary nitrogens is 1. The molecule has 0 aliphatic heterocycles. The molecular formula is C42H85N2O6P. The van der Waals surface area contributed by atoms with Crippen molar-refractivity contribution in [1.29, 1.82) is 0 Å². The van der Waals surface area contributed by atoms with Crippen LogP contribution in [0.1, 0.15) is 200 Å². The number of aliphatic hydroxyl groups excluding tert-OH is 1. The van der Waals surface area contributed by atoms with Gasteiger partial charge in [-0.2, -0.15) is 0 Å². The molecule has 0 spiro atoms. The van der Waals surface area contributed by atoms with Gasteiger partial charge < -0.3 is 28.8 Å². The molecule has 0 saturated carbocycles. The molecule has 1 amide bonds. The maximum absolute atomic E-state index is 12.8. The number of amides is 1. The molecule has 304 valence electrons. The molecule has 51 heavy (non-hydrogen) atoms. The van der Waals surface area contributed by atoms with Gasteiger partial charge in [0.05, 0.1) is 39.9 Å². The number of allylic oxidation sites excluding steroid dienone is 1. The van der Waals surface area contributed by atoms with Crippen LogP contribution in [0.5, 0.6) is 0 Å². The van der Waals surface area contributed by atoms with Gasteiger partial charge in [-0.05, 0) is 19.3 Å². The Kier molecular flexibility index (Phi) is 34.5. The molecule has 3 atom stereocenters. The molecular weight excluding hydrogens is 659 g/mol. The van der Waals surface area contributed by atoms with E-state index < -0.39 is 20.0 Å². The monoisotopic (exact) mass is 745 g/mol. The van der Waals surface area contributed by atoms with E-state index in [9.17, 15) is 19.4 Å². The fraction of sp³-hybridized carbons (Fsp3) is 0.929. The van der Waals surface area contributed by atoms with E-state index in [4.69, 9.17) is 9.05 Å². The SMILES string of the molecule is CCCCCCCCCCCCCC/C=C/[C@@H](O)[C@H](COP(=O)([O-])OCC[N+](C)(C)C)NC(=O)CCCCCCCCCCCCCCCCC. The summed E-state index contributed by atoms with van der Waals surface area (Å²) in [5.74, 6) is -0.196. The predicted octanol–water partition coefficient (Wildman–Crippen LogP) is 10.9. The second-order valence-electron chi connectivity index (χ2n) is 16.1. The zero-order chi connectivity index (χ0) is 37.9. The van der Waals surface area contributed by atoms with Crippen LogP contribution in [0.4, 0.5) is 0 Å². The number of rotatable bonds is 39. The average molecular weight is 745 g/mol. The second kappa shape index (κ2) is 35.0. The number of phosphoric acid groups is 1. The van der Waals surface area contributed by atoms with Crippen LogP contribution in [0, 0.1) is 0 Å². The molecule has 0 rings (SSSR count). The fourth-order valence-corrected chi connectivity index (χ4v) is 6.99. The van der Waals surface area contributed by atoms with Crippen molar-refractivity contribution in [3.63, 3.8) is 0 Å². The molecule has 0 bridgehead atoms. The van der Waals surface area contributed by atoms with Crippen molar-refractivity contribution in [3.8, 4) is 0 Å². The Balaban J connectivity index is 4.43. The Hall–Kier alpha value is -0.760. The van der Waals surface area contributed by atoms with E-state index in [1.54, 1.807) is 6.08 Å². The number of unbranched alkanes of at least 4 members (excludes halogenated alkanes) is 26. The summed E-state index contributed by atoms with van der Waals surface area (Å²) in [6.07, 6.45) is 38.1. The zero-order valence-electron chi connectivity index (χ0n) is 34.3. The Morgan fingerprint density at radius 2 is 1.06 bits per heavy atom. The van der Waals surface area contributed by atoms with Gasteiger partial charge in [-0.15, -0.1) is 0 Å². The molecule has 0 heterocycles. The molecule has 0 aromatic carbocycles. The van der Waals surface area contributed by atoms with E-state index in [0.717, 1.165) is 38.5 Å². The van der Waals surface area contributed by atoms with Crippen LogP contribution >= 0.6 is 7.82 Å². The summed E-state index contributed by atoms with van der Waals surface area (Å²) in [5.41, 5.74) is 0. The van der Waals surface area contributed by atoms with Crippen molar-refractivity contribution in [2.24, 2.45) is 0 Å². The van der Waals surface area contributed by atoms with Crippen LogP contribution in [0.15, 0.2) is 12.2 Å². The number of phosphoric ester groups is 1. The molecule has 8 nitrogen and oxygen atoms in total. The summed E-state index contributed by atoms with van der Waals surface area (Å²) in [7, 11) is 1.27. The first kappa shape index (κ1) is 50.2. The third kappa shape index (κ3) is 37.4. The molecule has 0 aromatic rings. The topological polar surface area (TPSA) is 108 Å². The molecule has 1 unspecified atom stereocenters. The van der Waals surface area contributed by atoms with E-state index >= 15 is 0 Å². The summed E-state index contributed by atoms with van der Waals surface area (Å²) >= 11 is 0. The molecule has 0 aliphatic rings. The summed E-state index contributed by atoms with van der Waals surface area (Å²) < 4.78 is 23.2. The zero-order valence-corrected chi connectivity index (χ0v) is 35.2. The molecule has 0 saturated heterocycles. The van der Waals surface area contributed by atoms with Crippen LogP contribution in [0.3, 0.4) is 0 Å². The lowest BCUT2D eigenvalue weighted by atomic mass is 10.0. The third-order valence-corrected chi connectivity index (χ3v) is 10.7. The first-order valence-electron chi connectivity index (χ1n) is 21.6. The predicted molar refractivity (Wildman–Crippen MR) is 215 cm³/mol. The van der Waals surface area contributed by atoms with E-state index in [1.165, 1.54) is 141 Å². The average Bonchev–Trinajstić information content (AvgIpc) is 3.07. The number of carbonyl (C=O) groups excluding carboxylic acids is 1. The summed E-state index contributed by atoms with van der Waals surface area (Å²) in [6.45, 7) is 4.65. The molecule has 2 N–H and O–H groups in total. The first-order valence-corrected chi connectivity index (χ1v) is 23.0. The van der Waals surface area contributed by atoms with Crippen molar-refractivity contribution in [1.82, 2.24) is 5.32 Å². The third-order valence-electron chi connectivity index (χ3n) is 9.75. The number of carbonyl (C=O) groups is 1. The number of nitrogens with zero attached hydrogens (tertiary/aromatic N) is 1. The van der Waals surface area contributed by atoms with Gasteiger partial charge in [-0.1, -0.05) is 187 Å². The van der Waals surface area contributed by atoms with E-state index in [0.29, 0.717) is 17.4 Å². The summed E-state index contributed by atoms with van der Waals surface area (Å²) in [6, 6.07) is -0.878. The highest BCUT2D eigenvalue weighted by molar-refractivity contribution is 7.45. The lowest BCUT2D eigenvalue weighted by Gasteiger charge is -2.29. The van der Waals surface area contributed by atoms with Crippen LogP contribution < -0.4 is 10.2 Å². The van der Waals surface area contributed by atoms with Crippen LogP contribution in [0.25, 0.3) is 0 Å². The highest BCUT2D eigenvalue weighted by Crippen LogP contribution is 2.38. The smallest absolute Gasteiger partial charge is 0.268 e. The Bertz CT molecular complexity index is 850. The molecule has 0 radical (unpaired) electrons. The van der Waals surface area contributed by atoms with Gasteiger partial charge in [0.1, 0.15) is 13.2 Å². The Morgan fingerprint density at radius 1 is 0.667 bits per heavy atom. The van der Waals surface area contributed by atoms with Crippen molar-refractivity contribution in [3.05, 3.63) is 12.2 Å². The Labute approximate surface area is 316 Å². The van der Waals surface area contributed by atoms with E-state index in [2.05, 4.69) is 19.2 Å². The number of hydrogen-bond acceptors (Lipinski definition) is 6. The van der Waals surface area contributed by atoms with Gasteiger partial charge in [-0.25, -0.2) is 0 Å². The summed E-state index contributed by atoms with van der Waals surface area (Å²) in [4.78, 5) is 25.2. The highest BCUT2D eigenvalue weighted by Gasteiger charge is 2.23. The van der Waals surface area contributed by atoms with Crippen molar-refractivity contribution < 1.29 is 32.9 Å². The van der Waals surface area contributed by atoms with E-state index in [-0.39, 0.29) is 19.1 Å². The number of likely N-dealkylation sites (N-methyl/N-ethyl adjacent to an activating group) is 1. The first-order chi connectivity index (χ1) is 24.5. The number of hydrogen-bond donors (Lipinski definition) is 2. The molecule has 0 fully saturated rings. The standard InChI is InChI=1S/C42H85N2O6P/c1-6-8-10-12-14-16-18-20-22-24-26-28-30-32-34-36-42(46)43-40(39-50-51(47,48)49-38-37-44(3,4)5)41(45)35-33-31-29-27-25-23-21-19-17-15-13-11-9-7-2/h33,35,40-41,45H,6-32,34,36-39H2,1-5H3,(H-,43,46,47,48)/b35-33+/t40-,41+/m0/s1. The Morgan fingerprint density at radius 3 is 1.47 bits per heavy atom. The minimum absolute atomic E-state index is 0.00198. The molecule has 9 heteroatoms. The largest absolute Gasteiger partial charge is 0.756 e. The van der Waals surface area contributed by atoms with Crippen molar-refractivity contribution in [2.45, 2.75) is 212 Å². The van der Waals surface area contributed by atoms with Crippen molar-refractivity contribution >= 4 is 13.7 Å². The summed E-state index contributed by atoms with van der Waals surface area (Å²) in [5, 5.41) is 13.8. The lowest BCUT2D eigenvalue weighted by Crippen LogP contribution is -2.45. The minimum atomic E-state index is -4.58. The lowest BCUT2D eigenvalue weighted by molar-refractivity contribution is -0.870. The van der Waals surface area contributed by atoms with Crippen LogP contribution in [-0.2, 0) is 18.4 Å². The van der Waals surface area contributed by atoms with Gasteiger partial charge in [0.25, 0.3) is 7.82 Å². The second-order valence-corrected chi connectivity index (χ2v) is 17.5.